The van der Waals surface area contributed by atoms with Crippen LogP contribution < -0.4 is 5.32 Å². The summed E-state index contributed by atoms with van der Waals surface area (Å²) in [5.41, 5.74) is -0.447. The number of nitrogens with one attached hydrogen (secondary N) is 1. The minimum Gasteiger partial charge on any atom is -0.480 e. The van der Waals surface area contributed by atoms with Crippen molar-refractivity contribution in [1.29, 1.82) is 0 Å². The lowest BCUT2D eigenvalue weighted by Crippen LogP contribution is -2.45. The third-order valence-electron chi connectivity index (χ3n) is 3.49. The molecule has 1 aliphatic rings. The van der Waals surface area contributed by atoms with Crippen LogP contribution in [0.2, 0.25) is 0 Å². The van der Waals surface area contributed by atoms with Crippen LogP contribution in [0.25, 0.3) is 0 Å². The summed E-state index contributed by atoms with van der Waals surface area (Å²) in [5, 5.41) is 11.5. The van der Waals surface area contributed by atoms with Crippen molar-refractivity contribution >= 4 is 11.9 Å². The third-order valence-corrected chi connectivity index (χ3v) is 3.49. The molecule has 0 aromatic carbocycles. The van der Waals surface area contributed by atoms with Crippen molar-refractivity contribution in [3.63, 3.8) is 0 Å². The molecule has 1 rings (SSSR count). The number of hydrogen-bond acceptors (Lipinski definition) is 2. The smallest absolute Gasteiger partial charge is 0.326 e. The molecule has 14 heavy (non-hydrogen) atoms. The molecule has 0 bridgehead atoms. The fourth-order valence-corrected chi connectivity index (χ4v) is 2.09. The van der Waals surface area contributed by atoms with Crippen LogP contribution in [0.4, 0.5) is 0 Å². The molecular formula is C10H17NO3. The van der Waals surface area contributed by atoms with E-state index in [-0.39, 0.29) is 11.8 Å². The standard InChI is InChI=1S/C10H17NO3/c1-4-6(2)10(3)5-7(12)11-8(10)9(13)14/h6,8H,4-5H2,1-3H3,(H,11,12)(H,13,14). The van der Waals surface area contributed by atoms with E-state index in [9.17, 15) is 9.59 Å². The Balaban J connectivity index is 2.94. The molecule has 4 heteroatoms. The Hall–Kier alpha value is -1.06. The Bertz CT molecular complexity index is 264. The molecule has 0 aromatic rings. The number of hydrogen-bond donors (Lipinski definition) is 2. The number of carboxylic acids is 1. The highest BCUT2D eigenvalue weighted by molar-refractivity contribution is 5.89. The molecule has 0 aromatic heterocycles. The van der Waals surface area contributed by atoms with Crippen molar-refractivity contribution in [2.45, 2.75) is 39.7 Å². The van der Waals surface area contributed by atoms with Gasteiger partial charge in [0.15, 0.2) is 0 Å². The van der Waals surface area contributed by atoms with Gasteiger partial charge in [0, 0.05) is 11.8 Å². The zero-order valence-electron chi connectivity index (χ0n) is 8.83. The topological polar surface area (TPSA) is 66.4 Å². The van der Waals surface area contributed by atoms with Crippen LogP contribution in [0.1, 0.15) is 33.6 Å². The van der Waals surface area contributed by atoms with Crippen LogP contribution in [0.5, 0.6) is 0 Å². The van der Waals surface area contributed by atoms with Gasteiger partial charge >= 0.3 is 5.97 Å². The molecule has 1 saturated heterocycles. The van der Waals surface area contributed by atoms with Gasteiger partial charge in [-0.05, 0) is 5.92 Å². The molecule has 1 fully saturated rings. The number of aliphatic carboxylic acids is 1. The van der Waals surface area contributed by atoms with Crippen molar-refractivity contribution in [2.24, 2.45) is 11.3 Å². The summed E-state index contributed by atoms with van der Waals surface area (Å²) in [5.74, 6) is -0.860. The number of amides is 1. The van der Waals surface area contributed by atoms with Gasteiger partial charge in [0.2, 0.25) is 5.91 Å². The van der Waals surface area contributed by atoms with E-state index in [0.29, 0.717) is 6.42 Å². The average Bonchev–Trinajstić information content (AvgIpc) is 2.41. The summed E-state index contributed by atoms with van der Waals surface area (Å²) in [7, 11) is 0. The van der Waals surface area contributed by atoms with Gasteiger partial charge in [0.25, 0.3) is 0 Å². The van der Waals surface area contributed by atoms with Crippen molar-refractivity contribution in [1.82, 2.24) is 5.32 Å². The van der Waals surface area contributed by atoms with E-state index in [0.717, 1.165) is 6.42 Å². The maximum atomic E-state index is 11.2. The van der Waals surface area contributed by atoms with Crippen molar-refractivity contribution < 1.29 is 14.7 Å². The third kappa shape index (κ3) is 1.61. The first-order valence-electron chi connectivity index (χ1n) is 4.94. The molecule has 3 atom stereocenters. The van der Waals surface area contributed by atoms with Crippen molar-refractivity contribution in [3.8, 4) is 0 Å². The summed E-state index contributed by atoms with van der Waals surface area (Å²) >= 11 is 0. The highest BCUT2D eigenvalue weighted by Gasteiger charge is 2.49. The molecule has 0 radical (unpaired) electrons. The lowest BCUT2D eigenvalue weighted by molar-refractivity contribution is -0.143. The van der Waals surface area contributed by atoms with E-state index in [4.69, 9.17) is 5.11 Å². The van der Waals surface area contributed by atoms with Gasteiger partial charge in [0.1, 0.15) is 6.04 Å². The van der Waals surface area contributed by atoms with E-state index >= 15 is 0 Å². The predicted octanol–water partition coefficient (Wildman–Crippen LogP) is 1.01. The summed E-state index contributed by atoms with van der Waals surface area (Å²) in [6.45, 7) is 5.88. The number of carbonyl (C=O) groups excluding carboxylic acids is 1. The van der Waals surface area contributed by atoms with Crippen molar-refractivity contribution in [2.75, 3.05) is 0 Å². The average molecular weight is 199 g/mol. The molecule has 4 nitrogen and oxygen atoms in total. The van der Waals surface area contributed by atoms with Gasteiger partial charge < -0.3 is 10.4 Å². The van der Waals surface area contributed by atoms with Crippen molar-refractivity contribution in [3.05, 3.63) is 0 Å². The molecule has 0 spiro atoms. The van der Waals surface area contributed by atoms with E-state index in [1.54, 1.807) is 0 Å². The maximum absolute atomic E-state index is 11.2. The number of carbonyl (C=O) groups is 2. The SMILES string of the molecule is CCC(C)C1(C)CC(=O)NC1C(=O)O. The Kier molecular flexibility index (Phi) is 2.83. The second-order valence-corrected chi connectivity index (χ2v) is 4.33. The second kappa shape index (κ2) is 3.59. The van der Waals surface area contributed by atoms with Crippen LogP contribution >= 0.6 is 0 Å². The van der Waals surface area contributed by atoms with Crippen LogP contribution in [-0.2, 0) is 9.59 Å². The van der Waals surface area contributed by atoms with Crippen LogP contribution in [0, 0.1) is 11.3 Å². The van der Waals surface area contributed by atoms with Gasteiger partial charge in [-0.15, -0.1) is 0 Å². The van der Waals surface area contributed by atoms with E-state index in [1.165, 1.54) is 0 Å². The summed E-state index contributed by atoms with van der Waals surface area (Å²) in [4.78, 5) is 22.2. The van der Waals surface area contributed by atoms with E-state index in [1.807, 2.05) is 20.8 Å². The molecule has 3 unspecified atom stereocenters. The Labute approximate surface area is 83.7 Å². The maximum Gasteiger partial charge on any atom is 0.326 e. The van der Waals surface area contributed by atoms with Gasteiger partial charge in [-0.1, -0.05) is 27.2 Å². The van der Waals surface area contributed by atoms with Gasteiger partial charge in [-0.3, -0.25) is 4.79 Å². The monoisotopic (exact) mass is 199 g/mol. The fourth-order valence-electron chi connectivity index (χ4n) is 2.09. The first-order valence-corrected chi connectivity index (χ1v) is 4.94. The molecule has 80 valence electrons. The molecule has 0 aliphatic carbocycles. The Morgan fingerprint density at radius 1 is 1.79 bits per heavy atom. The second-order valence-electron chi connectivity index (χ2n) is 4.33. The van der Waals surface area contributed by atoms with Gasteiger partial charge in [-0.25, -0.2) is 4.79 Å². The van der Waals surface area contributed by atoms with Crippen LogP contribution in [-0.4, -0.2) is 23.0 Å². The Morgan fingerprint density at radius 3 is 2.79 bits per heavy atom. The molecular weight excluding hydrogens is 182 g/mol. The zero-order valence-corrected chi connectivity index (χ0v) is 8.83. The molecule has 1 heterocycles. The van der Waals surface area contributed by atoms with Gasteiger partial charge in [0.05, 0.1) is 0 Å². The number of rotatable bonds is 3. The lowest BCUT2D eigenvalue weighted by atomic mass is 9.71. The molecule has 0 saturated carbocycles. The largest absolute Gasteiger partial charge is 0.480 e. The minimum absolute atomic E-state index is 0.153. The quantitative estimate of drug-likeness (QED) is 0.713. The summed E-state index contributed by atoms with van der Waals surface area (Å²) in [6.07, 6.45) is 1.20. The fraction of sp³-hybridized carbons (Fsp3) is 0.800. The van der Waals surface area contributed by atoms with Crippen LogP contribution in [0.3, 0.4) is 0 Å². The van der Waals surface area contributed by atoms with Gasteiger partial charge in [-0.2, -0.15) is 0 Å². The van der Waals surface area contributed by atoms with Crippen LogP contribution in [0.15, 0.2) is 0 Å². The first kappa shape index (κ1) is 11.0. The minimum atomic E-state index is -0.932. The Morgan fingerprint density at radius 2 is 2.36 bits per heavy atom. The number of carboxylic acid groups (broad SMARTS) is 1. The molecule has 2 N–H and O–H groups in total. The lowest BCUT2D eigenvalue weighted by Gasteiger charge is -2.33. The highest BCUT2D eigenvalue weighted by Crippen LogP contribution is 2.40. The highest BCUT2D eigenvalue weighted by atomic mass is 16.4. The summed E-state index contributed by atoms with van der Waals surface area (Å²) < 4.78 is 0. The predicted molar refractivity (Wildman–Crippen MR) is 51.7 cm³/mol. The zero-order chi connectivity index (χ0) is 10.9. The van der Waals surface area contributed by atoms with E-state index in [2.05, 4.69) is 5.32 Å². The molecule has 1 aliphatic heterocycles. The van der Waals surface area contributed by atoms with E-state index < -0.39 is 17.4 Å². The molecule has 1 amide bonds. The normalized spacial score (nSPS) is 33.9. The first-order chi connectivity index (χ1) is 6.41. The summed E-state index contributed by atoms with van der Waals surface area (Å²) in [6, 6.07) is -0.732.